The van der Waals surface area contributed by atoms with E-state index in [0.717, 1.165) is 17.9 Å². The van der Waals surface area contributed by atoms with Crippen LogP contribution in [0.1, 0.15) is 52.4 Å². The molecule has 2 unspecified atom stereocenters. The van der Waals surface area contributed by atoms with Gasteiger partial charge in [0, 0.05) is 28.2 Å². The van der Waals surface area contributed by atoms with Gasteiger partial charge in [-0.05, 0) is 12.3 Å². The fraction of sp³-hybridized carbons (Fsp3) is 1.00. The highest BCUT2D eigenvalue weighted by atomic mass is 35.5. The SMILES string of the molecule is CCCCCCCCS(=O)CC(C)CCl. The number of halogens is 1. The Morgan fingerprint density at radius 1 is 1.13 bits per heavy atom. The summed E-state index contributed by atoms with van der Waals surface area (Å²) in [6, 6.07) is 0. The summed E-state index contributed by atoms with van der Waals surface area (Å²) in [4.78, 5) is 0. The van der Waals surface area contributed by atoms with Crippen LogP contribution >= 0.6 is 11.6 Å². The second kappa shape index (κ2) is 10.9. The van der Waals surface area contributed by atoms with E-state index in [1.54, 1.807) is 0 Å². The quantitative estimate of drug-likeness (QED) is 0.425. The van der Waals surface area contributed by atoms with Crippen molar-refractivity contribution in [3.05, 3.63) is 0 Å². The van der Waals surface area contributed by atoms with Crippen molar-refractivity contribution >= 4 is 22.4 Å². The van der Waals surface area contributed by atoms with Gasteiger partial charge in [-0.3, -0.25) is 4.21 Å². The Morgan fingerprint density at radius 3 is 2.33 bits per heavy atom. The monoisotopic (exact) mass is 252 g/mol. The zero-order chi connectivity index (χ0) is 11.5. The lowest BCUT2D eigenvalue weighted by Crippen LogP contribution is -2.11. The molecule has 15 heavy (non-hydrogen) atoms. The minimum atomic E-state index is -0.642. The van der Waals surface area contributed by atoms with E-state index in [1.165, 1.54) is 32.1 Å². The molecule has 0 aliphatic rings. The van der Waals surface area contributed by atoms with E-state index in [2.05, 4.69) is 13.8 Å². The van der Waals surface area contributed by atoms with Crippen LogP contribution in [0.15, 0.2) is 0 Å². The fourth-order valence-corrected chi connectivity index (χ4v) is 3.17. The molecule has 0 amide bonds. The third-order valence-electron chi connectivity index (χ3n) is 2.46. The van der Waals surface area contributed by atoms with E-state index in [4.69, 9.17) is 11.6 Å². The topological polar surface area (TPSA) is 17.1 Å². The predicted molar refractivity (Wildman–Crippen MR) is 71.1 cm³/mol. The average Bonchev–Trinajstić information content (AvgIpc) is 2.23. The Morgan fingerprint density at radius 2 is 1.73 bits per heavy atom. The summed E-state index contributed by atoms with van der Waals surface area (Å²) in [7, 11) is -0.642. The molecule has 0 bridgehead atoms. The molecule has 0 saturated carbocycles. The zero-order valence-corrected chi connectivity index (χ0v) is 11.7. The van der Waals surface area contributed by atoms with Crippen LogP contribution in [0, 0.1) is 5.92 Å². The zero-order valence-electron chi connectivity index (χ0n) is 10.1. The maximum atomic E-state index is 11.6. The Labute approximate surface area is 102 Å². The molecule has 1 nitrogen and oxygen atoms in total. The van der Waals surface area contributed by atoms with E-state index in [0.29, 0.717) is 11.8 Å². The van der Waals surface area contributed by atoms with Crippen molar-refractivity contribution in [2.75, 3.05) is 17.4 Å². The Balaban J connectivity index is 3.24. The second-order valence-corrected chi connectivity index (χ2v) is 6.27. The Hall–Kier alpha value is 0.440. The van der Waals surface area contributed by atoms with Gasteiger partial charge in [-0.1, -0.05) is 46.0 Å². The molecule has 92 valence electrons. The lowest BCUT2D eigenvalue weighted by Gasteiger charge is -2.06. The van der Waals surface area contributed by atoms with E-state index < -0.39 is 10.8 Å². The highest BCUT2D eigenvalue weighted by molar-refractivity contribution is 7.84. The largest absolute Gasteiger partial charge is 0.260 e. The lowest BCUT2D eigenvalue weighted by molar-refractivity contribution is 0.620. The van der Waals surface area contributed by atoms with Crippen LogP contribution < -0.4 is 0 Å². The van der Waals surface area contributed by atoms with Crippen LogP contribution in [0.2, 0.25) is 0 Å². The molecule has 3 heteroatoms. The first-order valence-electron chi connectivity index (χ1n) is 6.11. The summed E-state index contributed by atoms with van der Waals surface area (Å²) in [5.41, 5.74) is 0. The van der Waals surface area contributed by atoms with Crippen molar-refractivity contribution < 1.29 is 4.21 Å². The van der Waals surface area contributed by atoms with Crippen molar-refractivity contribution in [1.82, 2.24) is 0 Å². The summed E-state index contributed by atoms with van der Waals surface area (Å²) in [6.45, 7) is 4.29. The standard InChI is InChI=1S/C12H25ClOS/c1-3-4-5-6-7-8-9-15(14)11-12(2)10-13/h12H,3-11H2,1-2H3. The third kappa shape index (κ3) is 10.7. The van der Waals surface area contributed by atoms with Gasteiger partial charge in [0.1, 0.15) is 0 Å². The summed E-state index contributed by atoms with van der Waals surface area (Å²) in [5.74, 6) is 2.67. The lowest BCUT2D eigenvalue weighted by atomic mass is 10.1. The van der Waals surface area contributed by atoms with Crippen LogP contribution in [-0.2, 0) is 10.8 Å². The third-order valence-corrected chi connectivity index (χ3v) is 4.67. The molecule has 2 atom stereocenters. The maximum absolute atomic E-state index is 11.6. The van der Waals surface area contributed by atoms with Gasteiger partial charge < -0.3 is 0 Å². The van der Waals surface area contributed by atoms with Crippen molar-refractivity contribution in [2.24, 2.45) is 5.92 Å². The molecule has 0 rings (SSSR count). The molecule has 0 aliphatic heterocycles. The van der Waals surface area contributed by atoms with E-state index in [-0.39, 0.29) is 0 Å². The van der Waals surface area contributed by atoms with Crippen molar-refractivity contribution in [2.45, 2.75) is 52.4 Å². The second-order valence-electron chi connectivity index (χ2n) is 4.34. The summed E-state index contributed by atoms with van der Waals surface area (Å²) < 4.78 is 11.6. The molecule has 0 radical (unpaired) electrons. The van der Waals surface area contributed by atoms with Gasteiger partial charge in [-0.15, -0.1) is 11.6 Å². The number of hydrogen-bond acceptors (Lipinski definition) is 1. The highest BCUT2D eigenvalue weighted by Crippen LogP contribution is 2.07. The molecule has 0 aromatic carbocycles. The average molecular weight is 253 g/mol. The van der Waals surface area contributed by atoms with Crippen molar-refractivity contribution in [3.8, 4) is 0 Å². The minimum absolute atomic E-state index is 0.396. The van der Waals surface area contributed by atoms with Gasteiger partial charge in [0.25, 0.3) is 0 Å². The molecule has 0 saturated heterocycles. The normalized spacial score (nSPS) is 15.1. The highest BCUT2D eigenvalue weighted by Gasteiger charge is 2.05. The molecule has 0 aromatic heterocycles. The molecular formula is C12H25ClOS. The van der Waals surface area contributed by atoms with Crippen LogP contribution in [0.25, 0.3) is 0 Å². The number of hydrogen-bond donors (Lipinski definition) is 0. The van der Waals surface area contributed by atoms with Gasteiger partial charge in [0.05, 0.1) is 0 Å². The van der Waals surface area contributed by atoms with Crippen LogP contribution in [0.5, 0.6) is 0 Å². The van der Waals surface area contributed by atoms with Gasteiger partial charge in [0.15, 0.2) is 0 Å². The molecular weight excluding hydrogens is 228 g/mol. The first kappa shape index (κ1) is 15.4. The minimum Gasteiger partial charge on any atom is -0.260 e. The molecule has 0 heterocycles. The smallest absolute Gasteiger partial charge is 0.0271 e. The summed E-state index contributed by atoms with van der Waals surface area (Å²) in [5, 5.41) is 0. The van der Waals surface area contributed by atoms with Gasteiger partial charge in [-0.25, -0.2) is 0 Å². The number of unbranched alkanes of at least 4 members (excludes halogenated alkanes) is 5. The van der Waals surface area contributed by atoms with Crippen molar-refractivity contribution in [3.63, 3.8) is 0 Å². The fourth-order valence-electron chi connectivity index (χ4n) is 1.49. The van der Waals surface area contributed by atoms with Gasteiger partial charge in [0.2, 0.25) is 0 Å². The van der Waals surface area contributed by atoms with Crippen LogP contribution in [0.4, 0.5) is 0 Å². The molecule has 0 aliphatic carbocycles. The Kier molecular flexibility index (Phi) is 11.3. The van der Waals surface area contributed by atoms with Crippen LogP contribution in [0.3, 0.4) is 0 Å². The summed E-state index contributed by atoms with van der Waals surface area (Å²) >= 11 is 5.68. The van der Waals surface area contributed by atoms with Gasteiger partial charge in [-0.2, -0.15) is 0 Å². The summed E-state index contributed by atoms with van der Waals surface area (Å²) in [6.07, 6.45) is 7.62. The first-order chi connectivity index (χ1) is 7.20. The van der Waals surface area contributed by atoms with E-state index in [9.17, 15) is 4.21 Å². The van der Waals surface area contributed by atoms with Crippen molar-refractivity contribution in [1.29, 1.82) is 0 Å². The maximum Gasteiger partial charge on any atom is 0.0271 e. The molecule has 0 aromatic rings. The van der Waals surface area contributed by atoms with E-state index in [1.807, 2.05) is 0 Å². The number of rotatable bonds is 10. The predicted octanol–water partition coefficient (Wildman–Crippen LogP) is 3.97. The number of alkyl halides is 1. The Bertz CT molecular complexity index is 162. The van der Waals surface area contributed by atoms with Crippen LogP contribution in [-0.4, -0.2) is 21.6 Å². The molecule has 0 spiro atoms. The van der Waals surface area contributed by atoms with Gasteiger partial charge >= 0.3 is 0 Å². The molecule has 0 N–H and O–H groups in total. The van der Waals surface area contributed by atoms with E-state index >= 15 is 0 Å². The molecule has 0 fully saturated rings. The first-order valence-corrected chi connectivity index (χ1v) is 8.13.